The monoisotopic (exact) mass is 516 g/mol. The molecule has 0 bridgehead atoms. The van der Waals surface area contributed by atoms with E-state index in [-0.39, 0.29) is 35.4 Å². The van der Waals surface area contributed by atoms with E-state index in [1.807, 2.05) is 35.2 Å². The molecule has 2 aliphatic heterocycles. The molecule has 2 fully saturated rings. The fraction of sp³-hybridized carbons (Fsp3) is 0.500. The Hall–Kier alpha value is -2.91. The number of alkyl halides is 3. The Bertz CT molecular complexity index is 1050. The van der Waals surface area contributed by atoms with Crippen molar-refractivity contribution < 1.29 is 22.8 Å². The summed E-state index contributed by atoms with van der Waals surface area (Å²) >= 11 is 0. The van der Waals surface area contributed by atoms with Crippen molar-refractivity contribution in [3.05, 3.63) is 65.7 Å². The van der Waals surface area contributed by atoms with Crippen LogP contribution in [0.1, 0.15) is 42.6 Å². The van der Waals surface area contributed by atoms with Crippen molar-refractivity contribution in [3.63, 3.8) is 0 Å². The zero-order chi connectivity index (χ0) is 26.6. The van der Waals surface area contributed by atoms with Gasteiger partial charge in [-0.25, -0.2) is 0 Å². The summed E-state index contributed by atoms with van der Waals surface area (Å²) in [7, 11) is 0. The van der Waals surface area contributed by atoms with Crippen LogP contribution in [0.5, 0.6) is 0 Å². The van der Waals surface area contributed by atoms with Gasteiger partial charge in [0.1, 0.15) is 0 Å². The number of halogens is 3. The highest BCUT2D eigenvalue weighted by atomic mass is 19.4. The van der Waals surface area contributed by atoms with Crippen LogP contribution in [0.4, 0.5) is 18.9 Å². The second kappa shape index (κ2) is 11.6. The zero-order valence-electron chi connectivity index (χ0n) is 21.4. The van der Waals surface area contributed by atoms with Crippen LogP contribution in [-0.4, -0.2) is 73.0 Å². The van der Waals surface area contributed by atoms with Gasteiger partial charge in [-0.1, -0.05) is 32.0 Å². The van der Waals surface area contributed by atoms with Crippen LogP contribution in [0.15, 0.2) is 54.6 Å². The van der Waals surface area contributed by atoms with Gasteiger partial charge < -0.3 is 15.1 Å². The molecule has 9 heteroatoms. The third-order valence-corrected chi connectivity index (χ3v) is 7.28. The lowest BCUT2D eigenvalue weighted by atomic mass is 9.95. The van der Waals surface area contributed by atoms with Crippen molar-refractivity contribution in [2.24, 2.45) is 5.92 Å². The molecule has 0 aliphatic carbocycles. The number of benzene rings is 2. The van der Waals surface area contributed by atoms with Gasteiger partial charge in [0, 0.05) is 56.6 Å². The average Bonchev–Trinajstić information content (AvgIpc) is 2.89. The Balaban J connectivity index is 1.50. The average molecular weight is 517 g/mol. The molecule has 6 nitrogen and oxygen atoms in total. The molecule has 37 heavy (non-hydrogen) atoms. The van der Waals surface area contributed by atoms with Crippen LogP contribution in [-0.2, 0) is 11.0 Å². The third-order valence-electron chi connectivity index (χ3n) is 7.28. The number of hydrogen-bond donors (Lipinski definition) is 1. The Morgan fingerprint density at radius 2 is 1.51 bits per heavy atom. The lowest BCUT2D eigenvalue weighted by Gasteiger charge is -2.43. The lowest BCUT2D eigenvalue weighted by molar-refractivity contribution is -0.137. The standard InChI is InChI=1S/C28H35F3N4O2/c1-20(2)25(33-18-14-32-15-19-33)27(37)35(23-6-4-3-5-7-23)24-12-16-34(17-13-24)26(36)21-8-10-22(11-9-21)28(29,30)31/h3-11,20,24-25,32H,12-19H2,1-2H3. The number of anilines is 1. The van der Waals surface area contributed by atoms with E-state index in [4.69, 9.17) is 0 Å². The second-order valence-corrected chi connectivity index (χ2v) is 10.1. The van der Waals surface area contributed by atoms with E-state index >= 15 is 0 Å². The molecule has 2 heterocycles. The molecule has 0 saturated carbocycles. The number of amides is 2. The molecule has 0 aromatic heterocycles. The van der Waals surface area contributed by atoms with E-state index in [9.17, 15) is 22.8 Å². The first-order chi connectivity index (χ1) is 17.7. The molecule has 2 saturated heterocycles. The highest BCUT2D eigenvalue weighted by molar-refractivity contribution is 5.98. The number of para-hydroxylation sites is 1. The molecule has 2 aromatic rings. The molecule has 2 aromatic carbocycles. The van der Waals surface area contributed by atoms with Crippen LogP contribution in [0.25, 0.3) is 0 Å². The van der Waals surface area contributed by atoms with E-state index in [1.165, 1.54) is 12.1 Å². The fourth-order valence-electron chi connectivity index (χ4n) is 5.38. The smallest absolute Gasteiger partial charge is 0.338 e. The Morgan fingerprint density at radius 1 is 0.919 bits per heavy atom. The van der Waals surface area contributed by atoms with Gasteiger partial charge in [-0.05, 0) is 55.2 Å². The first-order valence-electron chi connectivity index (χ1n) is 13.0. The summed E-state index contributed by atoms with van der Waals surface area (Å²) in [6, 6.07) is 13.7. The predicted octanol–water partition coefficient (Wildman–Crippen LogP) is 4.27. The largest absolute Gasteiger partial charge is 0.416 e. The molecule has 1 atom stereocenters. The van der Waals surface area contributed by atoms with Gasteiger partial charge in [0.25, 0.3) is 5.91 Å². The quantitative estimate of drug-likeness (QED) is 0.623. The minimum atomic E-state index is -4.44. The van der Waals surface area contributed by atoms with Crippen LogP contribution < -0.4 is 10.2 Å². The lowest BCUT2D eigenvalue weighted by Crippen LogP contribution is -2.59. The van der Waals surface area contributed by atoms with E-state index in [2.05, 4.69) is 24.1 Å². The minimum absolute atomic E-state index is 0.0734. The number of rotatable bonds is 6. The van der Waals surface area contributed by atoms with Crippen molar-refractivity contribution in [1.82, 2.24) is 15.1 Å². The minimum Gasteiger partial charge on any atom is -0.338 e. The zero-order valence-corrected chi connectivity index (χ0v) is 21.4. The maximum absolute atomic E-state index is 14.1. The molecule has 0 radical (unpaired) electrons. The van der Waals surface area contributed by atoms with Crippen LogP contribution in [0.2, 0.25) is 0 Å². The summed E-state index contributed by atoms with van der Waals surface area (Å²) in [5.74, 6) is -0.0700. The van der Waals surface area contributed by atoms with Crippen LogP contribution >= 0.6 is 0 Å². The van der Waals surface area contributed by atoms with Gasteiger partial charge in [-0.2, -0.15) is 13.2 Å². The summed E-state index contributed by atoms with van der Waals surface area (Å²) < 4.78 is 38.7. The van der Waals surface area contributed by atoms with Gasteiger partial charge in [0.15, 0.2) is 0 Å². The first-order valence-corrected chi connectivity index (χ1v) is 13.0. The molecule has 2 aliphatic rings. The topological polar surface area (TPSA) is 55.9 Å². The Labute approximate surface area is 216 Å². The molecule has 0 spiro atoms. The van der Waals surface area contributed by atoms with E-state index in [0.717, 1.165) is 44.0 Å². The molecule has 4 rings (SSSR count). The maximum Gasteiger partial charge on any atom is 0.416 e. The van der Waals surface area contributed by atoms with Gasteiger partial charge in [-0.15, -0.1) is 0 Å². The number of nitrogens with one attached hydrogen (secondary N) is 1. The number of likely N-dealkylation sites (tertiary alicyclic amines) is 1. The highest BCUT2D eigenvalue weighted by Gasteiger charge is 2.38. The highest BCUT2D eigenvalue weighted by Crippen LogP contribution is 2.30. The van der Waals surface area contributed by atoms with Gasteiger partial charge in [-0.3, -0.25) is 14.5 Å². The number of piperidine rings is 1. The summed E-state index contributed by atoms with van der Waals surface area (Å²) in [5, 5.41) is 3.35. The summed E-state index contributed by atoms with van der Waals surface area (Å²) in [4.78, 5) is 33.0. The van der Waals surface area contributed by atoms with Crippen molar-refractivity contribution in [1.29, 1.82) is 0 Å². The normalized spacial score (nSPS) is 18.6. The van der Waals surface area contributed by atoms with Crippen molar-refractivity contribution in [2.75, 3.05) is 44.2 Å². The molecular weight excluding hydrogens is 481 g/mol. The summed E-state index contributed by atoms with van der Waals surface area (Å²) in [5.41, 5.74) is 0.311. The number of carbonyl (C=O) groups excluding carboxylic acids is 2. The number of carbonyl (C=O) groups is 2. The molecule has 1 unspecified atom stereocenters. The summed E-state index contributed by atoms with van der Waals surface area (Å²) in [6.07, 6.45) is -3.25. The molecule has 1 N–H and O–H groups in total. The summed E-state index contributed by atoms with van der Waals surface area (Å²) in [6.45, 7) is 8.37. The molecule has 200 valence electrons. The van der Waals surface area contributed by atoms with Gasteiger partial charge >= 0.3 is 6.18 Å². The Morgan fingerprint density at radius 3 is 2.05 bits per heavy atom. The van der Waals surface area contributed by atoms with Gasteiger partial charge in [0.05, 0.1) is 11.6 Å². The first kappa shape index (κ1) is 27.1. The second-order valence-electron chi connectivity index (χ2n) is 10.1. The molecular formula is C28H35F3N4O2. The fourth-order valence-corrected chi connectivity index (χ4v) is 5.38. The number of nitrogens with zero attached hydrogens (tertiary/aromatic N) is 3. The van der Waals surface area contributed by atoms with Gasteiger partial charge in [0.2, 0.25) is 5.91 Å². The third kappa shape index (κ3) is 6.33. The van der Waals surface area contributed by atoms with E-state index in [1.54, 1.807) is 4.90 Å². The predicted molar refractivity (Wildman–Crippen MR) is 137 cm³/mol. The SMILES string of the molecule is CC(C)C(C(=O)N(c1ccccc1)C1CCN(C(=O)c2ccc(C(F)(F)F)cc2)CC1)N1CCNCC1. The molecule has 2 amide bonds. The number of piperazine rings is 1. The van der Waals surface area contributed by atoms with Crippen molar-refractivity contribution in [2.45, 2.75) is 44.9 Å². The van der Waals surface area contributed by atoms with E-state index < -0.39 is 11.7 Å². The van der Waals surface area contributed by atoms with Crippen molar-refractivity contribution in [3.8, 4) is 0 Å². The van der Waals surface area contributed by atoms with Crippen molar-refractivity contribution >= 4 is 17.5 Å². The number of hydrogen-bond acceptors (Lipinski definition) is 4. The van der Waals surface area contributed by atoms with Crippen LogP contribution in [0, 0.1) is 5.92 Å². The maximum atomic E-state index is 14.1. The van der Waals surface area contributed by atoms with E-state index in [0.29, 0.717) is 25.9 Å². The Kier molecular flexibility index (Phi) is 8.54. The van der Waals surface area contributed by atoms with Crippen LogP contribution in [0.3, 0.4) is 0 Å².